The highest BCUT2D eigenvalue weighted by Gasteiger charge is 2.40. The monoisotopic (exact) mass is 1260 g/mol. The van der Waals surface area contributed by atoms with Gasteiger partial charge in [-0.1, -0.05) is 58.0 Å². The highest BCUT2D eigenvalue weighted by Crippen LogP contribution is 2.22. The first kappa shape index (κ1) is 68.8. The van der Waals surface area contributed by atoms with Crippen LogP contribution >= 0.6 is 0 Å². The number of imidazole rings is 1. The molecule has 5 aromatic rings. The molecule has 15 N–H and O–H groups in total. The van der Waals surface area contributed by atoms with Crippen LogP contribution in [0.1, 0.15) is 103 Å². The van der Waals surface area contributed by atoms with E-state index in [2.05, 4.69) is 72.9 Å². The lowest BCUT2D eigenvalue weighted by Gasteiger charge is -2.31. The molecule has 9 atom stereocenters. The van der Waals surface area contributed by atoms with E-state index in [1.54, 1.807) is 43.7 Å². The Bertz CT molecular complexity index is 3330. The van der Waals surface area contributed by atoms with Crippen LogP contribution in [0.3, 0.4) is 0 Å². The minimum absolute atomic E-state index is 0.0371. The zero-order valence-electron chi connectivity index (χ0n) is 51.8. The van der Waals surface area contributed by atoms with Gasteiger partial charge in [-0.2, -0.15) is 5.10 Å². The van der Waals surface area contributed by atoms with Crippen molar-refractivity contribution in [1.29, 1.82) is 0 Å². The fourth-order valence-corrected chi connectivity index (χ4v) is 11.0. The Morgan fingerprint density at radius 3 is 1.91 bits per heavy atom. The third-order valence-electron chi connectivity index (χ3n) is 15.6. The lowest BCUT2D eigenvalue weighted by Crippen LogP contribution is -2.61. The summed E-state index contributed by atoms with van der Waals surface area (Å²) in [6, 6.07) is 3.23. The van der Waals surface area contributed by atoms with Gasteiger partial charge in [-0.15, -0.1) is 0 Å². The van der Waals surface area contributed by atoms with Crippen molar-refractivity contribution in [2.75, 3.05) is 26.2 Å². The number of nitrogens with zero attached hydrogens (tertiary/aromatic N) is 5. The largest absolute Gasteiger partial charge is 0.508 e. The van der Waals surface area contributed by atoms with Crippen LogP contribution in [0.5, 0.6) is 5.75 Å². The van der Waals surface area contributed by atoms with Gasteiger partial charge in [0.2, 0.25) is 65.0 Å². The summed E-state index contributed by atoms with van der Waals surface area (Å²) < 4.78 is 1.38. The summed E-state index contributed by atoms with van der Waals surface area (Å²) in [5, 5.41) is 50.2. The number of nitrogens with one attached hydrogen (secondary N) is 11. The van der Waals surface area contributed by atoms with E-state index in [0.717, 1.165) is 5.52 Å². The van der Waals surface area contributed by atoms with E-state index in [1.165, 1.54) is 46.4 Å². The summed E-state index contributed by atoms with van der Waals surface area (Å²) in [5.41, 5.74) is 8.32. The van der Waals surface area contributed by atoms with E-state index in [4.69, 9.17) is 5.73 Å². The van der Waals surface area contributed by atoms with Crippen molar-refractivity contribution in [3.63, 3.8) is 0 Å². The van der Waals surface area contributed by atoms with E-state index in [0.29, 0.717) is 41.6 Å². The maximum atomic E-state index is 14.8. The highest BCUT2D eigenvalue weighted by molar-refractivity contribution is 5.99. The molecule has 0 bridgehead atoms. The number of phenolic OH excluding ortho intramolecular Hbond substituents is 1. The average Bonchev–Trinajstić information content (AvgIpc) is 1.89. The number of nitrogens with two attached hydrogens (primary N) is 1. The number of rotatable bonds is 32. The molecule has 29 nitrogen and oxygen atoms in total. The van der Waals surface area contributed by atoms with Gasteiger partial charge in [-0.25, -0.2) is 9.67 Å². The number of amides is 10. The summed E-state index contributed by atoms with van der Waals surface area (Å²) in [6.45, 7) is 8.86. The molecule has 2 aliphatic heterocycles. The molecule has 10 amide bonds. The predicted molar refractivity (Wildman–Crippen MR) is 334 cm³/mol. The molecule has 0 spiro atoms. The zero-order chi connectivity index (χ0) is 65.7. The fraction of sp³-hybridized carbons (Fsp3) is 0.500. The molecule has 0 radical (unpaired) electrons. The number of likely N-dealkylation sites (tertiary alicyclic amines) is 1. The molecule has 3 aromatic heterocycles. The Morgan fingerprint density at radius 2 is 1.32 bits per heavy atom. The molecule has 0 unspecified atom stereocenters. The summed E-state index contributed by atoms with van der Waals surface area (Å²) >= 11 is 0. The number of para-hydroxylation sites is 1. The number of hydrogen-bond donors (Lipinski definition) is 14. The normalized spacial score (nSPS) is 17.2. The van der Waals surface area contributed by atoms with E-state index in [9.17, 15) is 58.2 Å². The van der Waals surface area contributed by atoms with E-state index < -0.39 is 108 Å². The topological polar surface area (TPSA) is 423 Å². The number of likely N-dealkylation sites (N-methyl/N-ethyl adjacent to an activating group) is 1. The molecule has 7 rings (SSSR count). The van der Waals surface area contributed by atoms with Gasteiger partial charge in [-0.3, -0.25) is 52.9 Å². The molecule has 5 heterocycles. The summed E-state index contributed by atoms with van der Waals surface area (Å²) in [6.07, 6.45) is 8.96. The Labute approximate surface area is 526 Å². The molecule has 490 valence electrons. The number of carbonyl (C=O) groups is 10. The van der Waals surface area contributed by atoms with E-state index >= 15 is 0 Å². The molecule has 0 saturated carbocycles. The lowest BCUT2D eigenvalue weighted by atomic mass is 9.98. The van der Waals surface area contributed by atoms with Crippen molar-refractivity contribution in [3.05, 3.63) is 103 Å². The van der Waals surface area contributed by atoms with Crippen molar-refractivity contribution in [1.82, 2.24) is 77.5 Å². The van der Waals surface area contributed by atoms with Crippen molar-refractivity contribution < 1.29 is 58.2 Å². The van der Waals surface area contributed by atoms with Gasteiger partial charge in [-0.05, 0) is 99.1 Å². The minimum Gasteiger partial charge on any atom is -0.508 e. The Balaban J connectivity index is 1.09. The molecular formula is C62H85N17O12. The van der Waals surface area contributed by atoms with Gasteiger partial charge in [0.25, 0.3) is 0 Å². The number of aromatic amines is 2. The van der Waals surface area contributed by atoms with Crippen molar-refractivity contribution >= 4 is 75.9 Å². The number of aliphatic hydroxyl groups excluding tert-OH is 1. The van der Waals surface area contributed by atoms with E-state index in [-0.39, 0.29) is 106 Å². The average molecular weight is 1260 g/mol. The third-order valence-corrected chi connectivity index (χ3v) is 15.6. The quantitative estimate of drug-likeness (QED) is 0.0145. The number of H-pyrrole nitrogens is 2. The number of benzene rings is 2. The molecule has 29 heteroatoms. The Morgan fingerprint density at radius 1 is 0.714 bits per heavy atom. The number of aromatic nitrogens is 5. The molecule has 2 fully saturated rings. The van der Waals surface area contributed by atoms with Crippen LogP contribution < -0.4 is 53.6 Å². The second kappa shape index (κ2) is 33.2. The number of phenols is 1. The van der Waals surface area contributed by atoms with Crippen LogP contribution in [-0.4, -0.2) is 185 Å². The zero-order valence-corrected chi connectivity index (χ0v) is 51.8. The fourth-order valence-electron chi connectivity index (χ4n) is 11.0. The first-order valence-electron chi connectivity index (χ1n) is 30.8. The number of aliphatic imine (C=N–C) groups is 1. The summed E-state index contributed by atoms with van der Waals surface area (Å²) in [7, 11) is 0. The maximum Gasteiger partial charge on any atom is 0.245 e. The van der Waals surface area contributed by atoms with Crippen LogP contribution in [0.15, 0.2) is 90.7 Å². The molecule has 2 aliphatic rings. The molecule has 0 aliphatic carbocycles. The Hall–Kier alpha value is -9.67. The first-order chi connectivity index (χ1) is 43.6. The van der Waals surface area contributed by atoms with Crippen molar-refractivity contribution in [2.45, 2.75) is 160 Å². The molecule has 2 aromatic carbocycles. The summed E-state index contributed by atoms with van der Waals surface area (Å²) in [5.74, 6) is -7.28. The SMILES string of the molecule is CCNC(=O)[C@@H]1CCCN1C(=O)[C@H](CCCN=C(N)n1cccn1)NC(=O)[C@H](CC(C)C)NC(=O)[C@@H](CC(C)C)NC(=O)[C@H](Cc1ccc(O)cc1)NC(=O)[C@H](CO)NC(=O)[C@H](Cc1c[nH]c2ccccc12)NC(=O)[C@H](Cc1cnc[nH]1)NC(=O)[C@@H]1CCC(=O)N1. The smallest absolute Gasteiger partial charge is 0.245 e. The second-order valence-corrected chi connectivity index (χ2v) is 23.7. The van der Waals surface area contributed by atoms with Crippen molar-refractivity contribution in [2.24, 2.45) is 22.6 Å². The van der Waals surface area contributed by atoms with Gasteiger partial charge in [0, 0.05) is 86.7 Å². The first-order valence-corrected chi connectivity index (χ1v) is 30.8. The second-order valence-electron chi connectivity index (χ2n) is 23.7. The highest BCUT2D eigenvalue weighted by atomic mass is 16.3. The lowest BCUT2D eigenvalue weighted by molar-refractivity contribution is -0.142. The van der Waals surface area contributed by atoms with Crippen molar-refractivity contribution in [3.8, 4) is 5.75 Å². The number of aliphatic hydroxyl groups is 1. The summed E-state index contributed by atoms with van der Waals surface area (Å²) in [4.78, 5) is 156. The van der Waals surface area contributed by atoms with E-state index in [1.807, 2.05) is 39.8 Å². The minimum atomic E-state index is -1.75. The van der Waals surface area contributed by atoms with Crippen LogP contribution in [0.4, 0.5) is 0 Å². The predicted octanol–water partition coefficient (Wildman–Crippen LogP) is -0.652. The third kappa shape index (κ3) is 19.9. The van der Waals surface area contributed by atoms with Gasteiger partial charge in [0.15, 0.2) is 0 Å². The Kier molecular flexibility index (Phi) is 25.1. The van der Waals surface area contributed by atoms with Gasteiger partial charge >= 0.3 is 0 Å². The molecule has 2 saturated heterocycles. The maximum absolute atomic E-state index is 14.8. The molecular weight excluding hydrogens is 1170 g/mol. The standard InChI is InChI=1S/C62H85N17O12/c1-6-65-60(90)51-15-10-24-78(51)61(91)44(14-9-22-66-62(63)79-25-11-23-69-79)71-54(84)45(26-35(2)3)72-55(85)46(27-36(4)5)73-56(86)47(28-37-16-18-40(81)19-17-37)74-59(89)50(33-80)77-57(87)48(29-38-31-67-42-13-8-7-12-41(38)42)75-58(88)49(30-39-32-64-34-68-39)76-53(83)43-20-21-52(82)70-43/h7-8,11-13,16-19,23,25,31-32,34-36,43-51,67,80-81H,6,9-10,14-15,20-22,24,26-30,33H2,1-5H3,(H2,63,66)(H,64,68)(H,65,90)(H,70,82)(H,71,84)(H,72,85)(H,73,86)(H,74,89)(H,75,88)(H,76,83)(H,77,87)/t43-,44-,45-,46+,47-,48-,49-,50-,51-/m0/s1. The molecule has 91 heavy (non-hydrogen) atoms. The van der Waals surface area contributed by atoms with Crippen LogP contribution in [0, 0.1) is 11.8 Å². The van der Waals surface area contributed by atoms with Crippen LogP contribution in [0.2, 0.25) is 0 Å². The number of fused-ring (bicyclic) bond motifs is 1. The van der Waals surface area contributed by atoms with Crippen LogP contribution in [-0.2, 0) is 67.2 Å². The number of carbonyl (C=O) groups excluding carboxylic acids is 10. The van der Waals surface area contributed by atoms with Crippen LogP contribution in [0.25, 0.3) is 10.9 Å². The van der Waals surface area contributed by atoms with Gasteiger partial charge < -0.3 is 78.7 Å². The van der Waals surface area contributed by atoms with Gasteiger partial charge in [0.1, 0.15) is 60.1 Å². The number of aromatic hydroxyl groups is 1. The van der Waals surface area contributed by atoms with Gasteiger partial charge in [0.05, 0.1) is 12.9 Å². The number of hydrogen-bond acceptors (Lipinski definition) is 15.